The van der Waals surface area contributed by atoms with E-state index in [0.717, 1.165) is 17.1 Å². The van der Waals surface area contributed by atoms with E-state index in [1.807, 2.05) is 35.8 Å². The van der Waals surface area contributed by atoms with Gasteiger partial charge in [0.25, 0.3) is 5.91 Å². The molecule has 162 valence electrons. The molecular weight excluding hydrogens is 386 g/mol. The number of methoxy groups -OCH3 is 1. The van der Waals surface area contributed by atoms with Crippen LogP contribution in [0.25, 0.3) is 5.69 Å². The predicted octanol–water partition coefficient (Wildman–Crippen LogP) is 3.27. The van der Waals surface area contributed by atoms with E-state index in [9.17, 15) is 14.4 Å². The molecule has 0 saturated carbocycles. The van der Waals surface area contributed by atoms with E-state index in [4.69, 9.17) is 9.47 Å². The Balaban J connectivity index is 2.11. The molecule has 1 heterocycles. The molecule has 8 nitrogen and oxygen atoms in total. The molecule has 0 aliphatic carbocycles. The van der Waals surface area contributed by atoms with Gasteiger partial charge in [0.1, 0.15) is 5.75 Å². The quantitative estimate of drug-likeness (QED) is 0.731. The molecule has 0 saturated heterocycles. The second kappa shape index (κ2) is 9.02. The largest absolute Gasteiger partial charge is 0.497 e. The summed E-state index contributed by atoms with van der Waals surface area (Å²) in [6.45, 7) is 10.5. The molecule has 0 spiro atoms. The average Bonchev–Trinajstić information content (AvgIpc) is 2.94. The number of hydrogen-bond donors (Lipinski definition) is 2. The second-order valence-corrected chi connectivity index (χ2v) is 8.06. The van der Waals surface area contributed by atoms with Crippen LogP contribution < -0.4 is 15.4 Å². The lowest BCUT2D eigenvalue weighted by atomic mass is 10.1. The maximum absolute atomic E-state index is 12.7. The number of nitrogens with one attached hydrogen (secondary N) is 2. The van der Waals surface area contributed by atoms with E-state index in [0.29, 0.717) is 11.3 Å². The number of carbonyl (C=O) groups excluding carboxylic acids is 3. The Morgan fingerprint density at radius 3 is 2.20 bits per heavy atom. The van der Waals surface area contributed by atoms with Crippen molar-refractivity contribution in [1.29, 1.82) is 0 Å². The van der Waals surface area contributed by atoms with Crippen LogP contribution in [-0.4, -0.2) is 41.2 Å². The van der Waals surface area contributed by atoms with Gasteiger partial charge in [-0.15, -0.1) is 0 Å². The van der Waals surface area contributed by atoms with E-state index in [1.165, 1.54) is 6.92 Å². The van der Waals surface area contributed by atoms with Gasteiger partial charge in [0, 0.05) is 22.6 Å². The number of hydrogen-bond acceptors (Lipinski definition) is 5. The van der Waals surface area contributed by atoms with Crippen molar-refractivity contribution in [3.8, 4) is 11.4 Å². The molecular formula is C22H29N3O5. The highest BCUT2D eigenvalue weighted by Gasteiger charge is 2.25. The minimum Gasteiger partial charge on any atom is -0.497 e. The van der Waals surface area contributed by atoms with Crippen LogP contribution in [-0.2, 0) is 9.53 Å². The lowest BCUT2D eigenvalue weighted by Gasteiger charge is -2.21. The zero-order valence-electron chi connectivity index (χ0n) is 18.5. The van der Waals surface area contributed by atoms with Gasteiger partial charge < -0.3 is 19.4 Å². The van der Waals surface area contributed by atoms with Crippen LogP contribution in [0.3, 0.4) is 0 Å². The second-order valence-electron chi connectivity index (χ2n) is 8.06. The molecule has 0 fully saturated rings. The summed E-state index contributed by atoms with van der Waals surface area (Å²) in [6.07, 6.45) is -1.13. The molecule has 1 atom stereocenters. The van der Waals surface area contributed by atoms with Crippen molar-refractivity contribution >= 4 is 17.9 Å². The SMILES string of the molecule is COc1ccc(-n2c(C)cc(C(=O)OC(C)C(=O)NC(=O)NC(C)(C)C)c2C)cc1. The Kier molecular flexibility index (Phi) is 6.92. The summed E-state index contributed by atoms with van der Waals surface area (Å²) >= 11 is 0. The normalized spacial score (nSPS) is 12.1. The van der Waals surface area contributed by atoms with Gasteiger partial charge in [-0.25, -0.2) is 9.59 Å². The Morgan fingerprint density at radius 2 is 1.67 bits per heavy atom. The number of benzene rings is 1. The van der Waals surface area contributed by atoms with E-state index >= 15 is 0 Å². The summed E-state index contributed by atoms with van der Waals surface area (Å²) in [5.74, 6) is -0.605. The fraction of sp³-hybridized carbons (Fsp3) is 0.409. The van der Waals surface area contributed by atoms with Gasteiger partial charge in [0.15, 0.2) is 6.10 Å². The van der Waals surface area contributed by atoms with Crippen LogP contribution in [0, 0.1) is 13.8 Å². The molecule has 0 bridgehead atoms. The number of amides is 3. The number of aromatic nitrogens is 1. The number of carbonyl (C=O) groups is 3. The van der Waals surface area contributed by atoms with Crippen molar-refractivity contribution in [2.24, 2.45) is 0 Å². The third-order valence-corrected chi connectivity index (χ3v) is 4.36. The van der Waals surface area contributed by atoms with Crippen molar-refractivity contribution in [1.82, 2.24) is 15.2 Å². The molecule has 1 aromatic carbocycles. The number of urea groups is 1. The Morgan fingerprint density at radius 1 is 1.07 bits per heavy atom. The molecule has 0 radical (unpaired) electrons. The monoisotopic (exact) mass is 415 g/mol. The number of imide groups is 1. The maximum Gasteiger partial charge on any atom is 0.340 e. The Labute approximate surface area is 176 Å². The lowest BCUT2D eigenvalue weighted by Crippen LogP contribution is -2.50. The van der Waals surface area contributed by atoms with Gasteiger partial charge in [-0.05, 0) is 71.9 Å². The first-order chi connectivity index (χ1) is 13.9. The third-order valence-electron chi connectivity index (χ3n) is 4.36. The molecule has 30 heavy (non-hydrogen) atoms. The van der Waals surface area contributed by atoms with Crippen molar-refractivity contribution in [2.75, 3.05) is 7.11 Å². The van der Waals surface area contributed by atoms with Gasteiger partial charge in [0.05, 0.1) is 12.7 Å². The Hall–Kier alpha value is -3.29. The fourth-order valence-electron chi connectivity index (χ4n) is 2.96. The van der Waals surface area contributed by atoms with Crippen molar-refractivity contribution < 1.29 is 23.9 Å². The molecule has 0 aliphatic rings. The topological polar surface area (TPSA) is 98.7 Å². The molecule has 8 heteroatoms. The van der Waals surface area contributed by atoms with Crippen LogP contribution in [0.4, 0.5) is 4.79 Å². The minimum atomic E-state index is -1.13. The minimum absolute atomic E-state index is 0.349. The first-order valence-electron chi connectivity index (χ1n) is 9.60. The van der Waals surface area contributed by atoms with E-state index in [-0.39, 0.29) is 0 Å². The van der Waals surface area contributed by atoms with Crippen molar-refractivity contribution in [2.45, 2.75) is 53.2 Å². The molecule has 2 aromatic rings. The number of aryl methyl sites for hydroxylation is 1. The van der Waals surface area contributed by atoms with E-state index < -0.39 is 29.6 Å². The zero-order valence-corrected chi connectivity index (χ0v) is 18.5. The van der Waals surface area contributed by atoms with Gasteiger partial charge in [-0.2, -0.15) is 0 Å². The smallest absolute Gasteiger partial charge is 0.340 e. The summed E-state index contributed by atoms with van der Waals surface area (Å²) < 4.78 is 12.4. The molecule has 3 amide bonds. The van der Waals surface area contributed by atoms with Crippen LogP contribution in [0.2, 0.25) is 0 Å². The summed E-state index contributed by atoms with van der Waals surface area (Å²) in [5, 5.41) is 4.79. The van der Waals surface area contributed by atoms with Crippen LogP contribution in [0.15, 0.2) is 30.3 Å². The van der Waals surface area contributed by atoms with Gasteiger partial charge in [0.2, 0.25) is 0 Å². The number of ether oxygens (including phenoxy) is 2. The highest BCUT2D eigenvalue weighted by Crippen LogP contribution is 2.23. The number of esters is 1. The highest BCUT2D eigenvalue weighted by atomic mass is 16.5. The third kappa shape index (κ3) is 5.62. The highest BCUT2D eigenvalue weighted by molar-refractivity contribution is 5.99. The lowest BCUT2D eigenvalue weighted by molar-refractivity contribution is -0.127. The Bertz CT molecular complexity index is 939. The molecule has 1 aromatic heterocycles. The standard InChI is InChI=1S/C22H29N3O5/c1-13-12-18(14(2)25(13)16-8-10-17(29-7)11-9-16)20(27)30-15(3)19(26)23-21(28)24-22(4,5)6/h8-12,15H,1-7H3,(H2,23,24,26,28). The molecule has 1 unspecified atom stereocenters. The zero-order chi connectivity index (χ0) is 22.6. The molecule has 2 rings (SSSR count). The van der Waals surface area contributed by atoms with Crippen LogP contribution in [0.5, 0.6) is 5.75 Å². The van der Waals surface area contributed by atoms with Gasteiger partial charge in [-0.1, -0.05) is 0 Å². The average molecular weight is 415 g/mol. The van der Waals surface area contributed by atoms with Crippen LogP contribution in [0.1, 0.15) is 49.4 Å². The predicted molar refractivity (Wildman–Crippen MR) is 113 cm³/mol. The maximum atomic E-state index is 12.7. The van der Waals surface area contributed by atoms with E-state index in [2.05, 4.69) is 10.6 Å². The first-order valence-corrected chi connectivity index (χ1v) is 9.60. The number of nitrogens with zero attached hydrogens (tertiary/aromatic N) is 1. The van der Waals surface area contributed by atoms with Gasteiger partial charge >= 0.3 is 12.0 Å². The summed E-state index contributed by atoms with van der Waals surface area (Å²) in [6, 6.07) is 8.50. The fourth-order valence-corrected chi connectivity index (χ4v) is 2.96. The molecule has 0 aliphatic heterocycles. The van der Waals surface area contributed by atoms with Crippen LogP contribution >= 0.6 is 0 Å². The van der Waals surface area contributed by atoms with Crippen molar-refractivity contribution in [3.63, 3.8) is 0 Å². The van der Waals surface area contributed by atoms with E-state index in [1.54, 1.807) is 40.9 Å². The first kappa shape index (κ1) is 23.0. The molecule has 2 N–H and O–H groups in total. The van der Waals surface area contributed by atoms with Crippen molar-refractivity contribution in [3.05, 3.63) is 47.3 Å². The summed E-state index contributed by atoms with van der Waals surface area (Å²) in [5.41, 5.74) is 2.24. The number of rotatable bonds is 5. The summed E-state index contributed by atoms with van der Waals surface area (Å²) in [7, 11) is 1.60. The van der Waals surface area contributed by atoms with Gasteiger partial charge in [-0.3, -0.25) is 10.1 Å². The summed E-state index contributed by atoms with van der Waals surface area (Å²) in [4.78, 5) is 36.7.